The number of aromatic hydroxyl groups is 1. The molecule has 1 aromatic carbocycles. The Morgan fingerprint density at radius 1 is 1.29 bits per heavy atom. The van der Waals surface area contributed by atoms with Crippen LogP contribution in [0.1, 0.15) is 24.0 Å². The molecule has 1 atom stereocenters. The Labute approximate surface area is 202 Å². The highest BCUT2D eigenvalue weighted by Crippen LogP contribution is 2.32. The lowest BCUT2D eigenvalue weighted by Crippen LogP contribution is -2.31. The molecule has 0 spiro atoms. The average molecular weight is 506 g/mol. The Kier molecular flexibility index (Phi) is 9.07. The van der Waals surface area contributed by atoms with Gasteiger partial charge in [-0.3, -0.25) is 9.36 Å². The zero-order valence-electron chi connectivity index (χ0n) is 19.2. The van der Waals surface area contributed by atoms with E-state index in [9.17, 15) is 23.6 Å². The number of hydrogen-bond donors (Lipinski definition) is 3. The van der Waals surface area contributed by atoms with E-state index in [4.69, 9.17) is 14.6 Å². The van der Waals surface area contributed by atoms with Crippen LogP contribution in [0.5, 0.6) is 5.88 Å². The van der Waals surface area contributed by atoms with Gasteiger partial charge in [0.05, 0.1) is 43.1 Å². The summed E-state index contributed by atoms with van der Waals surface area (Å²) in [4.78, 5) is 12.6. The van der Waals surface area contributed by atoms with Crippen LogP contribution in [-0.4, -0.2) is 62.3 Å². The van der Waals surface area contributed by atoms with E-state index in [-0.39, 0.29) is 60.7 Å². The SMILES string of the molecule is Cc1c(/N=N/c2ccc(S(=O)(=O)NCC3CCCO3)cc2)c(O)n(CCOCCO)c(=O)c1C#N. The Balaban J connectivity index is 1.79. The van der Waals surface area contributed by atoms with Crippen molar-refractivity contribution in [1.82, 2.24) is 9.29 Å². The minimum absolute atomic E-state index is 0.0232. The molecule has 0 bridgehead atoms. The normalized spacial score (nSPS) is 16.1. The number of aliphatic hydroxyl groups is 1. The molecule has 0 radical (unpaired) electrons. The molecule has 13 heteroatoms. The van der Waals surface area contributed by atoms with Gasteiger partial charge in [0.1, 0.15) is 11.6 Å². The summed E-state index contributed by atoms with van der Waals surface area (Å²) in [6.07, 6.45) is 1.59. The van der Waals surface area contributed by atoms with Crippen LogP contribution in [-0.2, 0) is 26.0 Å². The first-order valence-electron chi connectivity index (χ1n) is 11.0. The maximum atomic E-state index is 12.5. The summed E-state index contributed by atoms with van der Waals surface area (Å²) in [7, 11) is -3.72. The Hall–Kier alpha value is -3.15. The number of nitrogens with zero attached hydrogens (tertiary/aromatic N) is 4. The number of azo groups is 1. The van der Waals surface area contributed by atoms with Gasteiger partial charge in [0, 0.05) is 18.7 Å². The molecule has 0 aliphatic carbocycles. The van der Waals surface area contributed by atoms with Gasteiger partial charge in [-0.1, -0.05) is 0 Å². The fourth-order valence-corrected chi connectivity index (χ4v) is 4.54. The summed E-state index contributed by atoms with van der Waals surface area (Å²) in [5, 5.41) is 36.8. The van der Waals surface area contributed by atoms with E-state index < -0.39 is 21.5 Å². The molecule has 35 heavy (non-hydrogen) atoms. The van der Waals surface area contributed by atoms with Crippen LogP contribution in [0.4, 0.5) is 11.4 Å². The van der Waals surface area contributed by atoms with Crippen molar-refractivity contribution in [2.45, 2.75) is 37.3 Å². The lowest BCUT2D eigenvalue weighted by Gasteiger charge is -2.13. The molecular weight excluding hydrogens is 478 g/mol. The molecule has 12 nitrogen and oxygen atoms in total. The van der Waals surface area contributed by atoms with E-state index in [1.165, 1.54) is 31.2 Å². The number of benzene rings is 1. The number of ether oxygens (including phenoxy) is 2. The first kappa shape index (κ1) is 26.5. The van der Waals surface area contributed by atoms with Crippen LogP contribution in [0.2, 0.25) is 0 Å². The maximum absolute atomic E-state index is 12.5. The monoisotopic (exact) mass is 505 g/mol. The highest BCUT2D eigenvalue weighted by atomic mass is 32.2. The molecule has 0 amide bonds. The summed E-state index contributed by atoms with van der Waals surface area (Å²) in [6, 6.07) is 7.46. The van der Waals surface area contributed by atoms with Crippen molar-refractivity contribution in [2.24, 2.45) is 10.2 Å². The van der Waals surface area contributed by atoms with Crippen LogP contribution in [0.3, 0.4) is 0 Å². The largest absolute Gasteiger partial charge is 0.493 e. The second-order valence-electron chi connectivity index (χ2n) is 7.76. The summed E-state index contributed by atoms with van der Waals surface area (Å²) < 4.78 is 39.0. The van der Waals surface area contributed by atoms with Crippen LogP contribution >= 0.6 is 0 Å². The number of nitriles is 1. The number of aromatic nitrogens is 1. The topological polar surface area (TPSA) is 176 Å². The van der Waals surface area contributed by atoms with E-state index in [0.717, 1.165) is 17.4 Å². The van der Waals surface area contributed by atoms with Crippen LogP contribution in [0.25, 0.3) is 0 Å². The van der Waals surface area contributed by atoms with Gasteiger partial charge < -0.3 is 19.7 Å². The summed E-state index contributed by atoms with van der Waals surface area (Å²) in [5.41, 5.74) is -0.511. The van der Waals surface area contributed by atoms with E-state index >= 15 is 0 Å². The first-order valence-corrected chi connectivity index (χ1v) is 12.4. The summed E-state index contributed by atoms with van der Waals surface area (Å²) in [6.45, 7) is 2.13. The maximum Gasteiger partial charge on any atom is 0.271 e. The molecule has 3 rings (SSSR count). The number of nitrogens with one attached hydrogen (secondary N) is 1. The van der Waals surface area contributed by atoms with Crippen molar-refractivity contribution >= 4 is 21.4 Å². The quantitative estimate of drug-likeness (QED) is 0.305. The van der Waals surface area contributed by atoms with Crippen molar-refractivity contribution in [3.8, 4) is 11.9 Å². The third-order valence-electron chi connectivity index (χ3n) is 5.40. The lowest BCUT2D eigenvalue weighted by atomic mass is 10.1. The second-order valence-corrected chi connectivity index (χ2v) is 9.52. The Morgan fingerprint density at radius 3 is 2.66 bits per heavy atom. The Morgan fingerprint density at radius 2 is 2.03 bits per heavy atom. The van der Waals surface area contributed by atoms with E-state index in [1.807, 2.05) is 6.07 Å². The highest BCUT2D eigenvalue weighted by molar-refractivity contribution is 7.89. The van der Waals surface area contributed by atoms with Gasteiger partial charge in [0.2, 0.25) is 15.9 Å². The minimum atomic E-state index is -3.72. The zero-order valence-corrected chi connectivity index (χ0v) is 20.0. The smallest absolute Gasteiger partial charge is 0.271 e. The lowest BCUT2D eigenvalue weighted by molar-refractivity contribution is 0.0854. The first-order chi connectivity index (χ1) is 16.8. The molecule has 2 aromatic rings. The predicted octanol–water partition coefficient (Wildman–Crippen LogP) is 1.62. The molecule has 1 aromatic heterocycles. The molecule has 0 saturated carbocycles. The van der Waals surface area contributed by atoms with Crippen LogP contribution in [0, 0.1) is 18.3 Å². The third-order valence-corrected chi connectivity index (χ3v) is 6.84. The Bertz CT molecular complexity index is 1260. The van der Waals surface area contributed by atoms with Gasteiger partial charge in [-0.2, -0.15) is 10.4 Å². The second kappa shape index (κ2) is 12.0. The number of rotatable bonds is 11. The van der Waals surface area contributed by atoms with Crippen molar-refractivity contribution < 1.29 is 28.1 Å². The van der Waals surface area contributed by atoms with Gasteiger partial charge in [-0.05, 0) is 44.0 Å². The number of hydrogen-bond acceptors (Lipinski definition) is 10. The van der Waals surface area contributed by atoms with Gasteiger partial charge in [-0.15, -0.1) is 5.11 Å². The van der Waals surface area contributed by atoms with E-state index in [0.29, 0.717) is 12.3 Å². The highest BCUT2D eigenvalue weighted by Gasteiger charge is 2.21. The molecule has 1 aliphatic heterocycles. The summed E-state index contributed by atoms with van der Waals surface area (Å²) >= 11 is 0. The minimum Gasteiger partial charge on any atom is -0.493 e. The third kappa shape index (κ3) is 6.50. The van der Waals surface area contributed by atoms with Gasteiger partial charge >= 0.3 is 0 Å². The predicted molar refractivity (Wildman–Crippen MR) is 125 cm³/mol. The van der Waals surface area contributed by atoms with Crippen LogP contribution < -0.4 is 10.3 Å². The number of sulfonamides is 1. The average Bonchev–Trinajstić information content (AvgIpc) is 3.37. The molecule has 188 valence electrons. The van der Waals surface area contributed by atoms with E-state index in [1.54, 1.807) is 0 Å². The molecule has 1 saturated heterocycles. The number of aliphatic hydroxyl groups excluding tert-OH is 1. The summed E-state index contributed by atoms with van der Waals surface area (Å²) in [5.74, 6) is -0.486. The van der Waals surface area contributed by atoms with Crippen LogP contribution in [0.15, 0.2) is 44.2 Å². The number of pyridine rings is 1. The zero-order chi connectivity index (χ0) is 25.4. The molecule has 1 unspecified atom stereocenters. The van der Waals surface area contributed by atoms with Crippen molar-refractivity contribution in [1.29, 1.82) is 5.26 Å². The molecule has 1 fully saturated rings. The molecule has 3 N–H and O–H groups in total. The van der Waals surface area contributed by atoms with Crippen molar-refractivity contribution in [2.75, 3.05) is 33.0 Å². The molecule has 2 heterocycles. The fraction of sp³-hybridized carbons (Fsp3) is 0.455. The molecular formula is C22H27N5O7S. The fourth-order valence-electron chi connectivity index (χ4n) is 3.48. The standard InChI is InChI=1S/C22H27N5O7S/c1-15-19(13-23)21(29)27(8-11-33-12-9-28)22(30)20(15)26-25-16-4-6-18(7-5-16)35(31,32)24-14-17-3-2-10-34-17/h4-7,17,24,28,30H,2-3,8-12,14H2,1H3/b26-25+. The van der Waals surface area contributed by atoms with E-state index in [2.05, 4.69) is 15.0 Å². The van der Waals surface area contributed by atoms with Gasteiger partial charge in [-0.25, -0.2) is 13.1 Å². The molecule has 1 aliphatic rings. The van der Waals surface area contributed by atoms with Crippen molar-refractivity contribution in [3.63, 3.8) is 0 Å². The van der Waals surface area contributed by atoms with Gasteiger partial charge in [0.25, 0.3) is 5.56 Å². The van der Waals surface area contributed by atoms with Gasteiger partial charge in [0.15, 0.2) is 5.69 Å². The van der Waals surface area contributed by atoms with Crippen molar-refractivity contribution in [3.05, 3.63) is 45.7 Å².